The molecule has 0 aromatic carbocycles. The summed E-state index contributed by atoms with van der Waals surface area (Å²) in [5.41, 5.74) is 0. The van der Waals surface area contributed by atoms with Gasteiger partial charge in [0.05, 0.1) is 13.2 Å². The zero-order valence-electron chi connectivity index (χ0n) is 8.15. The van der Waals surface area contributed by atoms with Crippen molar-refractivity contribution in [1.29, 1.82) is 0 Å². The summed E-state index contributed by atoms with van der Waals surface area (Å²) in [6.45, 7) is 4.28. The molecule has 1 rings (SSSR count). The molecule has 1 aliphatic rings. The summed E-state index contributed by atoms with van der Waals surface area (Å²) in [7, 11) is 3.08. The molecule has 0 aromatic heterocycles. The van der Waals surface area contributed by atoms with Crippen molar-refractivity contribution in [2.75, 3.05) is 46.4 Å². The molecule has 0 atom stereocenters. The second-order valence-electron chi connectivity index (χ2n) is 3.22. The number of halogens is 1. The number of likely N-dealkylation sites (N-methyl/N-ethyl adjacent to an activating group) is 1. The molecule has 1 saturated heterocycles. The van der Waals surface area contributed by atoms with E-state index in [0.717, 1.165) is 30.6 Å². The minimum absolute atomic E-state index is 0.422. The van der Waals surface area contributed by atoms with Crippen molar-refractivity contribution >= 4 is 19.9 Å². The van der Waals surface area contributed by atoms with Crippen molar-refractivity contribution in [3.63, 3.8) is 0 Å². The van der Waals surface area contributed by atoms with Crippen LogP contribution in [0.1, 0.15) is 0 Å². The number of hydrogen-bond donors (Lipinski definition) is 0. The quantitative estimate of drug-likeness (QED) is 0.637. The van der Waals surface area contributed by atoms with Gasteiger partial charge in [0.2, 0.25) is 0 Å². The normalized spacial score (nSPS) is 20.2. The van der Waals surface area contributed by atoms with E-state index in [9.17, 15) is 8.42 Å². The predicted octanol–water partition coefficient (Wildman–Crippen LogP) is -0.266. The molecule has 0 aromatic rings. The van der Waals surface area contributed by atoms with Crippen LogP contribution in [0.4, 0.5) is 0 Å². The lowest BCUT2D eigenvalue weighted by molar-refractivity contribution is 0.0368. The van der Waals surface area contributed by atoms with Crippen LogP contribution in [-0.2, 0) is 14.0 Å². The topological polar surface area (TPSA) is 49.9 Å². The van der Waals surface area contributed by atoms with Gasteiger partial charge in [-0.3, -0.25) is 4.90 Å². The smallest absolute Gasteiger partial charge is 0.299 e. The zero-order valence-corrected chi connectivity index (χ0v) is 9.72. The molecular weight excluding hydrogens is 228 g/mol. The van der Waals surface area contributed by atoms with Crippen LogP contribution in [-0.4, -0.2) is 64.1 Å². The molecule has 0 aliphatic carbocycles. The van der Waals surface area contributed by atoms with Gasteiger partial charge in [0.1, 0.15) is 0 Å². The molecule has 0 bridgehead atoms. The molecule has 1 fully saturated rings. The van der Waals surface area contributed by atoms with Crippen LogP contribution in [0.15, 0.2) is 0 Å². The van der Waals surface area contributed by atoms with Crippen LogP contribution in [0.2, 0.25) is 0 Å². The summed E-state index contributed by atoms with van der Waals surface area (Å²) in [5.74, 6) is 0. The summed E-state index contributed by atoms with van der Waals surface area (Å²) < 4.78 is 28.0. The molecule has 14 heavy (non-hydrogen) atoms. The van der Waals surface area contributed by atoms with E-state index in [2.05, 4.69) is 4.90 Å². The van der Waals surface area contributed by atoms with Gasteiger partial charge in [0.25, 0.3) is 9.24 Å². The van der Waals surface area contributed by atoms with Crippen LogP contribution >= 0.6 is 10.7 Å². The van der Waals surface area contributed by atoms with Gasteiger partial charge >= 0.3 is 0 Å². The highest BCUT2D eigenvalue weighted by Gasteiger charge is 2.16. The van der Waals surface area contributed by atoms with Crippen molar-refractivity contribution in [3.8, 4) is 0 Å². The molecule has 1 heterocycles. The van der Waals surface area contributed by atoms with Crippen LogP contribution < -0.4 is 0 Å². The number of ether oxygens (including phenoxy) is 1. The molecule has 0 saturated carbocycles. The van der Waals surface area contributed by atoms with E-state index in [-0.39, 0.29) is 0 Å². The highest BCUT2D eigenvalue weighted by molar-refractivity contribution is 8.11. The lowest BCUT2D eigenvalue weighted by atomic mass is 10.4. The third-order valence-electron chi connectivity index (χ3n) is 2.21. The zero-order chi connectivity index (χ0) is 10.6. The van der Waals surface area contributed by atoms with E-state index in [1.165, 1.54) is 7.05 Å². The van der Waals surface area contributed by atoms with Crippen LogP contribution in [0.5, 0.6) is 0 Å². The van der Waals surface area contributed by atoms with Gasteiger partial charge in [-0.25, -0.2) is 0 Å². The third-order valence-corrected chi connectivity index (χ3v) is 3.84. The first-order chi connectivity index (χ1) is 6.50. The van der Waals surface area contributed by atoms with E-state index < -0.39 is 9.24 Å². The van der Waals surface area contributed by atoms with Crippen molar-refractivity contribution in [3.05, 3.63) is 0 Å². The lowest BCUT2D eigenvalue weighted by Crippen LogP contribution is -2.41. The molecule has 1 aliphatic heterocycles. The van der Waals surface area contributed by atoms with Gasteiger partial charge in [-0.15, -0.1) is 0 Å². The summed E-state index contributed by atoms with van der Waals surface area (Å²) in [6, 6.07) is 0. The Balaban J connectivity index is 2.25. The fraction of sp³-hybridized carbons (Fsp3) is 1.00. The van der Waals surface area contributed by atoms with Crippen molar-refractivity contribution in [1.82, 2.24) is 9.21 Å². The molecule has 0 spiro atoms. The standard InChI is InChI=1S/C7H15ClN2O3S/c1-9(14(8,11)12)2-3-10-4-6-13-7-5-10/h2-7H2,1H3. The fourth-order valence-corrected chi connectivity index (χ4v) is 1.72. The summed E-state index contributed by atoms with van der Waals surface area (Å²) >= 11 is 0. The van der Waals surface area contributed by atoms with E-state index in [0.29, 0.717) is 13.1 Å². The van der Waals surface area contributed by atoms with E-state index in [4.69, 9.17) is 15.4 Å². The van der Waals surface area contributed by atoms with Gasteiger partial charge < -0.3 is 4.74 Å². The minimum atomic E-state index is -3.56. The molecule has 0 radical (unpaired) electrons. The van der Waals surface area contributed by atoms with Crippen molar-refractivity contribution < 1.29 is 13.2 Å². The monoisotopic (exact) mass is 242 g/mol. The lowest BCUT2D eigenvalue weighted by Gasteiger charge is -2.27. The van der Waals surface area contributed by atoms with Crippen LogP contribution in [0, 0.1) is 0 Å². The highest BCUT2D eigenvalue weighted by atomic mass is 35.7. The average Bonchev–Trinajstić information content (AvgIpc) is 2.14. The van der Waals surface area contributed by atoms with Gasteiger partial charge in [0.15, 0.2) is 0 Å². The molecular formula is C7H15ClN2O3S. The van der Waals surface area contributed by atoms with E-state index in [1.54, 1.807) is 0 Å². The Bertz CT molecular complexity index is 264. The minimum Gasteiger partial charge on any atom is -0.379 e. The maximum absolute atomic E-state index is 10.9. The number of morpholine rings is 1. The maximum Gasteiger partial charge on any atom is 0.299 e. The Morgan fingerprint density at radius 2 is 2.00 bits per heavy atom. The first-order valence-electron chi connectivity index (χ1n) is 4.46. The predicted molar refractivity (Wildman–Crippen MR) is 54.7 cm³/mol. The Labute approximate surface area is 89.1 Å². The maximum atomic E-state index is 10.9. The van der Waals surface area contributed by atoms with E-state index >= 15 is 0 Å². The number of nitrogens with zero attached hydrogens (tertiary/aromatic N) is 2. The van der Waals surface area contributed by atoms with Gasteiger partial charge in [-0.2, -0.15) is 12.7 Å². The second-order valence-corrected chi connectivity index (χ2v) is 5.84. The summed E-state index contributed by atoms with van der Waals surface area (Å²) in [5, 5.41) is 0. The Morgan fingerprint density at radius 1 is 1.43 bits per heavy atom. The van der Waals surface area contributed by atoms with Crippen molar-refractivity contribution in [2.45, 2.75) is 0 Å². The van der Waals surface area contributed by atoms with Gasteiger partial charge in [-0.05, 0) is 0 Å². The highest BCUT2D eigenvalue weighted by Crippen LogP contribution is 2.03. The second kappa shape index (κ2) is 5.27. The van der Waals surface area contributed by atoms with Crippen LogP contribution in [0.3, 0.4) is 0 Å². The number of hydrogen-bond acceptors (Lipinski definition) is 4. The average molecular weight is 243 g/mol. The largest absolute Gasteiger partial charge is 0.379 e. The SMILES string of the molecule is CN(CCN1CCOCC1)S(=O)(=O)Cl. The van der Waals surface area contributed by atoms with Crippen molar-refractivity contribution in [2.24, 2.45) is 0 Å². The molecule has 5 nitrogen and oxygen atoms in total. The van der Waals surface area contributed by atoms with Gasteiger partial charge in [0, 0.05) is 43.9 Å². The molecule has 0 unspecified atom stereocenters. The van der Waals surface area contributed by atoms with E-state index in [1.807, 2.05) is 0 Å². The summed E-state index contributed by atoms with van der Waals surface area (Å²) in [4.78, 5) is 2.15. The summed E-state index contributed by atoms with van der Waals surface area (Å²) in [6.07, 6.45) is 0. The first-order valence-corrected chi connectivity index (χ1v) is 6.73. The fourth-order valence-electron chi connectivity index (χ4n) is 1.22. The third kappa shape index (κ3) is 4.10. The molecule has 7 heteroatoms. The van der Waals surface area contributed by atoms with Crippen LogP contribution in [0.25, 0.3) is 0 Å². The Hall–Kier alpha value is 0.120. The first kappa shape index (κ1) is 12.2. The molecule has 0 amide bonds. The van der Waals surface area contributed by atoms with Gasteiger partial charge in [-0.1, -0.05) is 0 Å². The Morgan fingerprint density at radius 3 is 2.50 bits per heavy atom. The molecule has 0 N–H and O–H groups in total. The number of rotatable bonds is 4. The molecule has 84 valence electrons. The Kier molecular flexibility index (Phi) is 4.59.